The van der Waals surface area contributed by atoms with Crippen molar-refractivity contribution < 1.29 is 34.7 Å². The lowest BCUT2D eigenvalue weighted by molar-refractivity contribution is -0.111. The van der Waals surface area contributed by atoms with Crippen LogP contribution in [0, 0.1) is 0 Å². The fourth-order valence-corrected chi connectivity index (χ4v) is 6.60. The van der Waals surface area contributed by atoms with Crippen LogP contribution in [0.1, 0.15) is 36.1 Å². The zero-order chi connectivity index (χ0) is 28.1. The van der Waals surface area contributed by atoms with Crippen LogP contribution < -0.4 is 20.3 Å². The molecule has 198 valence electrons. The molecule has 4 N–H and O–H groups in total. The summed E-state index contributed by atoms with van der Waals surface area (Å²) in [4.78, 5) is 40.0. The first-order valence-electron chi connectivity index (χ1n) is 12.2. The summed E-state index contributed by atoms with van der Waals surface area (Å²) in [6.07, 6.45) is 0.132. The maximum absolute atomic E-state index is 13.4. The molecule has 5 aromatic carbocycles. The van der Waals surface area contributed by atoms with Crippen LogP contribution >= 0.6 is 0 Å². The maximum atomic E-state index is 13.4. The van der Waals surface area contributed by atoms with E-state index < -0.39 is 29.8 Å². The molecule has 9 nitrogen and oxygen atoms in total. The van der Waals surface area contributed by atoms with E-state index in [1.54, 1.807) is 6.92 Å². The Bertz CT molecular complexity index is 2070. The largest absolute Gasteiger partial charge is 0.504 e. The predicted octanol–water partition coefficient (Wildman–Crippen LogP) is 3.23. The molecule has 1 aliphatic rings. The van der Waals surface area contributed by atoms with E-state index in [1.165, 1.54) is 33.3 Å². The van der Waals surface area contributed by atoms with Gasteiger partial charge in [0.1, 0.15) is 0 Å². The van der Waals surface area contributed by atoms with Crippen molar-refractivity contribution in [2.75, 3.05) is 14.2 Å². The number of carbonyl (C=O) groups excluding carboxylic acids is 1. The molecule has 0 amide bonds. The van der Waals surface area contributed by atoms with Crippen LogP contribution in [0.5, 0.6) is 23.0 Å². The van der Waals surface area contributed by atoms with E-state index in [9.17, 15) is 34.8 Å². The number of aliphatic hydroxyl groups is 2. The molecule has 0 spiro atoms. The van der Waals surface area contributed by atoms with E-state index in [1.807, 2.05) is 0 Å². The standard InChI is InChI=1S/C30H24O9/c1-10-5-14-20-23-18(12(8-31)6-15(34)21(23)27(36)29(14)38-3)19-13(9-32)7-16(35)22-24(19)25(20)26(17(10)11(2)33)30(39-4)28(22)37/h6-7,31-32,36-37H,5,8-9H2,1-4H3. The summed E-state index contributed by atoms with van der Waals surface area (Å²) < 4.78 is 11.3. The lowest BCUT2D eigenvalue weighted by atomic mass is 9.81. The van der Waals surface area contributed by atoms with Gasteiger partial charge >= 0.3 is 0 Å². The summed E-state index contributed by atoms with van der Waals surface area (Å²) in [5, 5.41) is 45.4. The number of rotatable bonds is 5. The molecule has 9 heteroatoms. The summed E-state index contributed by atoms with van der Waals surface area (Å²) in [5.74, 6) is -1.22. The highest BCUT2D eigenvalue weighted by atomic mass is 16.5. The first-order valence-corrected chi connectivity index (χ1v) is 12.2. The highest BCUT2D eigenvalue weighted by molar-refractivity contribution is 6.41. The Labute approximate surface area is 220 Å². The van der Waals surface area contributed by atoms with Crippen LogP contribution in [0.3, 0.4) is 0 Å². The molecule has 0 radical (unpaired) electrons. The SMILES string of the molecule is COc1c(O)c2c(=O)cc(CO)c3c4c(CO)cc(=O)c5c(O)c(OC)c6c(c(c1CC(C)=C6C(C)=O)c23)c54. The summed E-state index contributed by atoms with van der Waals surface area (Å²) >= 11 is 0. The van der Waals surface area contributed by atoms with Crippen LogP contribution in [0.25, 0.3) is 48.7 Å². The molecule has 0 saturated heterocycles. The third-order valence-electron chi connectivity index (χ3n) is 7.92. The molecule has 0 bridgehead atoms. The number of allylic oxidation sites excluding steroid dienone is 2. The molecule has 0 aliphatic heterocycles. The van der Waals surface area contributed by atoms with Gasteiger partial charge in [0.15, 0.2) is 39.6 Å². The molecule has 6 rings (SSSR count). The summed E-state index contributed by atoms with van der Waals surface area (Å²) in [5.41, 5.74) is 0.824. The lowest BCUT2D eigenvalue weighted by Gasteiger charge is -2.24. The van der Waals surface area contributed by atoms with Gasteiger partial charge in [0.25, 0.3) is 0 Å². The third-order valence-corrected chi connectivity index (χ3v) is 7.92. The van der Waals surface area contributed by atoms with E-state index in [2.05, 4.69) is 0 Å². The predicted molar refractivity (Wildman–Crippen MR) is 147 cm³/mol. The summed E-state index contributed by atoms with van der Waals surface area (Å²) in [7, 11) is 2.68. The molecule has 1 aliphatic carbocycles. The summed E-state index contributed by atoms with van der Waals surface area (Å²) in [6, 6.07) is 2.40. The molecule has 5 aromatic rings. The minimum atomic E-state index is -0.580. The Balaban J connectivity index is 2.21. The number of aliphatic hydroxyl groups excluding tert-OH is 2. The van der Waals surface area contributed by atoms with E-state index in [4.69, 9.17) is 9.47 Å². The van der Waals surface area contributed by atoms with Crippen LogP contribution in [-0.2, 0) is 24.4 Å². The van der Waals surface area contributed by atoms with Gasteiger partial charge in [-0.2, -0.15) is 0 Å². The number of methoxy groups -OCH3 is 2. The minimum Gasteiger partial charge on any atom is -0.504 e. The molecule has 0 saturated carbocycles. The Morgan fingerprint density at radius 2 is 1.26 bits per heavy atom. The van der Waals surface area contributed by atoms with E-state index in [0.29, 0.717) is 38.1 Å². The van der Waals surface area contributed by atoms with E-state index in [-0.39, 0.29) is 67.9 Å². The number of hydrogen-bond donors (Lipinski definition) is 4. The number of phenols is 2. The van der Waals surface area contributed by atoms with Gasteiger partial charge in [-0.25, -0.2) is 0 Å². The molecule has 0 fully saturated rings. The first-order chi connectivity index (χ1) is 18.6. The molecule has 0 unspecified atom stereocenters. The topological polar surface area (TPSA) is 151 Å². The Morgan fingerprint density at radius 3 is 1.72 bits per heavy atom. The van der Waals surface area contributed by atoms with Crippen molar-refractivity contribution in [3.05, 3.63) is 60.4 Å². The molecule has 0 heterocycles. The van der Waals surface area contributed by atoms with Crippen molar-refractivity contribution in [2.24, 2.45) is 0 Å². The van der Waals surface area contributed by atoms with Gasteiger partial charge in [0.2, 0.25) is 0 Å². The quantitative estimate of drug-likeness (QED) is 0.199. The van der Waals surface area contributed by atoms with Crippen molar-refractivity contribution in [1.82, 2.24) is 0 Å². The van der Waals surface area contributed by atoms with Gasteiger partial charge in [0, 0.05) is 32.9 Å². The Morgan fingerprint density at radius 1 is 0.769 bits per heavy atom. The van der Waals surface area contributed by atoms with Crippen LogP contribution in [0.2, 0.25) is 0 Å². The fraction of sp³-hybridized carbons (Fsp3) is 0.233. The van der Waals surface area contributed by atoms with E-state index in [0.717, 1.165) is 0 Å². The van der Waals surface area contributed by atoms with E-state index >= 15 is 0 Å². The molecule has 0 atom stereocenters. The number of ether oxygens (including phenoxy) is 2. The smallest absolute Gasteiger partial charge is 0.190 e. The second kappa shape index (κ2) is 8.26. The van der Waals surface area contributed by atoms with Gasteiger partial charge in [-0.05, 0) is 59.7 Å². The number of Topliss-reactive ketones (excluding diaryl/α,β-unsaturated/α-hetero) is 1. The number of benzene rings is 5. The van der Waals surface area contributed by atoms with Crippen molar-refractivity contribution >= 4 is 54.4 Å². The third kappa shape index (κ3) is 2.88. The molecule has 0 aromatic heterocycles. The maximum Gasteiger partial charge on any atom is 0.190 e. The highest BCUT2D eigenvalue weighted by Crippen LogP contribution is 2.56. The highest BCUT2D eigenvalue weighted by Gasteiger charge is 2.35. The number of phenolic OH excluding ortho intramolecular Hbond substituents is 2. The molecule has 39 heavy (non-hydrogen) atoms. The zero-order valence-corrected chi connectivity index (χ0v) is 21.6. The summed E-state index contributed by atoms with van der Waals surface area (Å²) in [6.45, 7) is 2.01. The molecular weight excluding hydrogens is 504 g/mol. The Hall–Kier alpha value is -4.47. The van der Waals surface area contributed by atoms with Crippen LogP contribution in [0.15, 0.2) is 27.3 Å². The van der Waals surface area contributed by atoms with Gasteiger partial charge in [0.05, 0.1) is 38.2 Å². The number of carbonyl (C=O) groups is 1. The second-order valence-corrected chi connectivity index (χ2v) is 9.89. The van der Waals surface area contributed by atoms with Crippen LogP contribution in [-0.4, -0.2) is 40.4 Å². The fourth-order valence-electron chi connectivity index (χ4n) is 6.60. The molecular formula is C30H24O9. The van der Waals surface area contributed by atoms with Crippen molar-refractivity contribution in [2.45, 2.75) is 33.5 Å². The first kappa shape index (κ1) is 24.8. The number of fused-ring (bicyclic) bond motifs is 1. The average molecular weight is 529 g/mol. The van der Waals surface area contributed by atoms with Gasteiger partial charge < -0.3 is 29.9 Å². The zero-order valence-electron chi connectivity index (χ0n) is 21.6. The number of ketones is 1. The Kier molecular flexibility index (Phi) is 5.26. The van der Waals surface area contributed by atoms with Crippen molar-refractivity contribution in [1.29, 1.82) is 0 Å². The van der Waals surface area contributed by atoms with Gasteiger partial charge in [-0.3, -0.25) is 14.4 Å². The van der Waals surface area contributed by atoms with Gasteiger partial charge in [-0.1, -0.05) is 5.57 Å². The lowest BCUT2D eigenvalue weighted by Crippen LogP contribution is -2.11. The van der Waals surface area contributed by atoms with Crippen molar-refractivity contribution in [3.8, 4) is 23.0 Å². The average Bonchev–Trinajstić information content (AvgIpc) is 3.02. The monoisotopic (exact) mass is 528 g/mol. The number of hydrogen-bond acceptors (Lipinski definition) is 9. The second-order valence-electron chi connectivity index (χ2n) is 9.89. The number of aromatic hydroxyl groups is 2. The van der Waals surface area contributed by atoms with Crippen LogP contribution in [0.4, 0.5) is 0 Å². The minimum absolute atomic E-state index is 0.0386. The normalized spacial score (nSPS) is 13.4. The van der Waals surface area contributed by atoms with Crippen molar-refractivity contribution in [3.63, 3.8) is 0 Å². The van der Waals surface area contributed by atoms with Gasteiger partial charge in [-0.15, -0.1) is 0 Å².